The first kappa shape index (κ1) is 17.1. The van der Waals surface area contributed by atoms with E-state index in [1.807, 2.05) is 0 Å². The highest BCUT2D eigenvalue weighted by Crippen LogP contribution is 2.31. The number of terminal acetylenes is 2. The molecule has 0 unspecified atom stereocenters. The molecule has 0 bridgehead atoms. The smallest absolute Gasteiger partial charge is 0.125 e. The Bertz CT molecular complexity index is 351. The van der Waals surface area contributed by atoms with Crippen molar-refractivity contribution in [2.24, 2.45) is 11.8 Å². The van der Waals surface area contributed by atoms with Crippen LogP contribution in [0, 0.1) is 36.5 Å². The van der Waals surface area contributed by atoms with Crippen molar-refractivity contribution in [2.75, 3.05) is 0 Å². The molecule has 112 valence electrons. The van der Waals surface area contributed by atoms with Crippen LogP contribution in [-0.2, 0) is 0 Å². The van der Waals surface area contributed by atoms with Gasteiger partial charge in [-0.2, -0.15) is 0 Å². The summed E-state index contributed by atoms with van der Waals surface area (Å²) in [5, 5.41) is 19.2. The number of rotatable bonds is 0. The lowest BCUT2D eigenvalue weighted by atomic mass is 9.79. The summed E-state index contributed by atoms with van der Waals surface area (Å²) in [6.45, 7) is 4.28. The zero-order chi connectivity index (χ0) is 15.2. The first-order valence-electron chi connectivity index (χ1n) is 7.73. The highest BCUT2D eigenvalue weighted by Gasteiger charge is 2.30. The second-order valence-electron chi connectivity index (χ2n) is 6.75. The van der Waals surface area contributed by atoms with Crippen LogP contribution >= 0.6 is 0 Å². The third-order valence-corrected chi connectivity index (χ3v) is 4.48. The predicted octanol–water partition coefficient (Wildman–Crippen LogP) is 3.12. The second kappa shape index (κ2) is 7.16. The van der Waals surface area contributed by atoms with Crippen molar-refractivity contribution >= 4 is 0 Å². The molecule has 4 atom stereocenters. The van der Waals surface area contributed by atoms with Crippen LogP contribution in [0.1, 0.15) is 65.2 Å². The summed E-state index contributed by atoms with van der Waals surface area (Å²) in [4.78, 5) is 0. The molecule has 2 aliphatic carbocycles. The quantitative estimate of drug-likeness (QED) is 0.667. The van der Waals surface area contributed by atoms with E-state index in [1.165, 1.54) is 12.8 Å². The van der Waals surface area contributed by atoms with Crippen LogP contribution in [-0.4, -0.2) is 21.4 Å². The molecule has 2 aliphatic rings. The van der Waals surface area contributed by atoms with Gasteiger partial charge in [0, 0.05) is 0 Å². The minimum Gasteiger partial charge on any atom is -0.378 e. The third kappa shape index (κ3) is 5.20. The Labute approximate surface area is 124 Å². The lowest BCUT2D eigenvalue weighted by Gasteiger charge is -2.30. The molecule has 20 heavy (non-hydrogen) atoms. The van der Waals surface area contributed by atoms with Crippen molar-refractivity contribution in [1.82, 2.24) is 0 Å². The van der Waals surface area contributed by atoms with Crippen molar-refractivity contribution in [3.05, 3.63) is 0 Å². The van der Waals surface area contributed by atoms with E-state index in [1.54, 1.807) is 0 Å². The summed E-state index contributed by atoms with van der Waals surface area (Å²) >= 11 is 0. The predicted molar refractivity (Wildman–Crippen MR) is 82.8 cm³/mol. The minimum atomic E-state index is -0.780. The van der Waals surface area contributed by atoms with Gasteiger partial charge in [-0.05, 0) is 50.4 Å². The van der Waals surface area contributed by atoms with Gasteiger partial charge in [-0.1, -0.05) is 38.5 Å². The van der Waals surface area contributed by atoms with E-state index >= 15 is 0 Å². The molecular weight excluding hydrogens is 248 g/mol. The van der Waals surface area contributed by atoms with Gasteiger partial charge in [0.15, 0.2) is 0 Å². The molecule has 0 aliphatic heterocycles. The Morgan fingerprint density at radius 1 is 0.850 bits per heavy atom. The van der Waals surface area contributed by atoms with Crippen molar-refractivity contribution in [3.63, 3.8) is 0 Å². The fourth-order valence-corrected chi connectivity index (χ4v) is 3.31. The van der Waals surface area contributed by atoms with Gasteiger partial charge in [0.2, 0.25) is 0 Å². The summed E-state index contributed by atoms with van der Waals surface area (Å²) < 4.78 is 0. The van der Waals surface area contributed by atoms with Crippen LogP contribution in [0.3, 0.4) is 0 Å². The Morgan fingerprint density at radius 3 is 1.40 bits per heavy atom. The van der Waals surface area contributed by atoms with Crippen LogP contribution in [0.15, 0.2) is 0 Å². The maximum absolute atomic E-state index is 9.61. The summed E-state index contributed by atoms with van der Waals surface area (Å²) in [6.07, 6.45) is 18.1. The van der Waals surface area contributed by atoms with E-state index in [2.05, 4.69) is 25.7 Å². The molecule has 2 fully saturated rings. The van der Waals surface area contributed by atoms with E-state index in [-0.39, 0.29) is 0 Å². The Hall–Kier alpha value is -0.960. The molecular formula is C18H28O2. The van der Waals surface area contributed by atoms with Crippen LogP contribution in [0.5, 0.6) is 0 Å². The summed E-state index contributed by atoms with van der Waals surface area (Å²) in [5.41, 5.74) is -1.56. The molecule has 0 saturated heterocycles. The maximum atomic E-state index is 9.61. The minimum absolute atomic E-state index is 0.592. The number of hydrogen-bond acceptors (Lipinski definition) is 2. The van der Waals surface area contributed by atoms with Gasteiger partial charge in [0.05, 0.1) is 0 Å². The highest BCUT2D eigenvalue weighted by atomic mass is 16.3. The lowest BCUT2D eigenvalue weighted by molar-refractivity contribution is 0.0407. The first-order chi connectivity index (χ1) is 9.32. The van der Waals surface area contributed by atoms with E-state index in [9.17, 15) is 10.2 Å². The topological polar surface area (TPSA) is 40.5 Å². The summed E-state index contributed by atoms with van der Waals surface area (Å²) in [5.74, 6) is 6.12. The normalized spacial score (nSPS) is 40.7. The van der Waals surface area contributed by atoms with E-state index in [0.717, 1.165) is 38.5 Å². The SMILES string of the molecule is C#C[C@@]1(O)CCC[C@@H](C)C1.C#C[C@]1(O)CCC[C@@H](C)C1. The van der Waals surface area contributed by atoms with Gasteiger partial charge in [0.25, 0.3) is 0 Å². The van der Waals surface area contributed by atoms with Crippen LogP contribution in [0.25, 0.3) is 0 Å². The fraction of sp³-hybridized carbons (Fsp3) is 0.778. The summed E-state index contributed by atoms with van der Waals surface area (Å²) in [7, 11) is 0. The lowest BCUT2D eigenvalue weighted by Crippen LogP contribution is -2.32. The molecule has 0 amide bonds. The molecule has 0 heterocycles. The van der Waals surface area contributed by atoms with Gasteiger partial charge in [-0.3, -0.25) is 0 Å². The highest BCUT2D eigenvalue weighted by molar-refractivity contribution is 5.09. The molecule has 0 aromatic carbocycles. The first-order valence-corrected chi connectivity index (χ1v) is 7.73. The molecule has 2 heteroatoms. The molecule has 2 nitrogen and oxygen atoms in total. The Kier molecular flexibility index (Phi) is 6.12. The van der Waals surface area contributed by atoms with Crippen molar-refractivity contribution in [1.29, 1.82) is 0 Å². The molecule has 0 radical (unpaired) electrons. The molecule has 0 aromatic heterocycles. The zero-order valence-corrected chi connectivity index (χ0v) is 12.9. The fourth-order valence-electron chi connectivity index (χ4n) is 3.31. The van der Waals surface area contributed by atoms with Crippen molar-refractivity contribution in [3.8, 4) is 24.7 Å². The number of aliphatic hydroxyl groups is 2. The monoisotopic (exact) mass is 276 g/mol. The molecule has 2 saturated carbocycles. The largest absolute Gasteiger partial charge is 0.378 e. The van der Waals surface area contributed by atoms with Gasteiger partial charge >= 0.3 is 0 Å². The average Bonchev–Trinajstić information content (AvgIpc) is 2.39. The van der Waals surface area contributed by atoms with Crippen LogP contribution < -0.4 is 0 Å². The number of hydrogen-bond donors (Lipinski definition) is 2. The molecule has 0 aromatic rings. The Balaban J connectivity index is 0.000000200. The molecule has 2 N–H and O–H groups in total. The van der Waals surface area contributed by atoms with Crippen molar-refractivity contribution < 1.29 is 10.2 Å². The van der Waals surface area contributed by atoms with Crippen molar-refractivity contribution in [2.45, 2.75) is 76.4 Å². The van der Waals surface area contributed by atoms with Crippen LogP contribution in [0.2, 0.25) is 0 Å². The van der Waals surface area contributed by atoms with Crippen LogP contribution in [0.4, 0.5) is 0 Å². The zero-order valence-electron chi connectivity index (χ0n) is 12.9. The Morgan fingerprint density at radius 2 is 1.20 bits per heavy atom. The second-order valence-corrected chi connectivity index (χ2v) is 6.75. The third-order valence-electron chi connectivity index (χ3n) is 4.48. The average molecular weight is 276 g/mol. The van der Waals surface area contributed by atoms with E-state index < -0.39 is 11.2 Å². The maximum Gasteiger partial charge on any atom is 0.125 e. The van der Waals surface area contributed by atoms with E-state index in [4.69, 9.17) is 12.8 Å². The molecule has 2 rings (SSSR count). The molecule has 0 spiro atoms. The van der Waals surface area contributed by atoms with Gasteiger partial charge in [-0.15, -0.1) is 12.8 Å². The standard InChI is InChI=1S/2C9H14O/c2*1-3-9(10)6-4-5-8(2)7-9/h2*1,8,10H,4-7H2,2H3/t8-,9+;8-,9-/m11/s1. The van der Waals surface area contributed by atoms with E-state index in [0.29, 0.717) is 11.8 Å². The van der Waals surface area contributed by atoms with Gasteiger partial charge in [-0.25, -0.2) is 0 Å². The van der Waals surface area contributed by atoms with Gasteiger partial charge in [0.1, 0.15) is 11.2 Å². The summed E-state index contributed by atoms with van der Waals surface area (Å²) in [6, 6.07) is 0. The van der Waals surface area contributed by atoms with Gasteiger partial charge < -0.3 is 10.2 Å².